The van der Waals surface area contributed by atoms with Gasteiger partial charge in [0.1, 0.15) is 11.5 Å². The molecule has 0 saturated carbocycles. The van der Waals surface area contributed by atoms with E-state index in [-0.39, 0.29) is 17.1 Å². The zero-order valence-electron chi connectivity index (χ0n) is 10.3. The molecule has 2 aromatic rings. The van der Waals surface area contributed by atoms with E-state index >= 15 is 0 Å². The van der Waals surface area contributed by atoms with E-state index in [1.807, 2.05) is 0 Å². The summed E-state index contributed by atoms with van der Waals surface area (Å²) < 4.78 is 51.4. The van der Waals surface area contributed by atoms with E-state index < -0.39 is 23.5 Å². The molecule has 4 nitrogen and oxygen atoms in total. The highest BCUT2D eigenvalue weighted by Gasteiger charge is 2.34. The van der Waals surface area contributed by atoms with Crippen molar-refractivity contribution >= 4 is 17.3 Å². The molecule has 0 saturated heterocycles. The van der Waals surface area contributed by atoms with Gasteiger partial charge in [-0.1, -0.05) is 0 Å². The van der Waals surface area contributed by atoms with Gasteiger partial charge in [-0.25, -0.2) is 14.2 Å². The molecule has 8 heteroatoms. The fourth-order valence-corrected chi connectivity index (χ4v) is 1.61. The zero-order chi connectivity index (χ0) is 15.6. The predicted molar refractivity (Wildman–Crippen MR) is 65.9 cm³/mol. The maximum Gasteiger partial charge on any atom is 0.418 e. The molecular weight excluding hydrogens is 292 g/mol. The average Bonchev–Trinajstić information content (AvgIpc) is 2.40. The number of benzene rings is 1. The van der Waals surface area contributed by atoms with Crippen molar-refractivity contribution in [2.24, 2.45) is 0 Å². The second-order valence-electron chi connectivity index (χ2n) is 4.05. The normalized spacial score (nSPS) is 11.2. The quantitative estimate of drug-likeness (QED) is 0.849. The Balaban J connectivity index is 2.33. The molecule has 0 radical (unpaired) electrons. The average molecular weight is 300 g/mol. The van der Waals surface area contributed by atoms with E-state index in [2.05, 4.69) is 10.3 Å². The number of anilines is 2. The molecule has 0 bridgehead atoms. The monoisotopic (exact) mass is 300 g/mol. The highest BCUT2D eigenvalue weighted by atomic mass is 19.4. The molecule has 0 spiro atoms. The lowest BCUT2D eigenvalue weighted by atomic mass is 10.1. The summed E-state index contributed by atoms with van der Waals surface area (Å²) in [7, 11) is 0. The highest BCUT2D eigenvalue weighted by Crippen LogP contribution is 2.36. The lowest BCUT2D eigenvalue weighted by molar-refractivity contribution is -0.137. The first-order chi connectivity index (χ1) is 9.77. The number of alkyl halides is 3. The molecule has 110 valence electrons. The lowest BCUT2D eigenvalue weighted by Gasteiger charge is -2.14. The van der Waals surface area contributed by atoms with Crippen LogP contribution in [0.2, 0.25) is 0 Å². The van der Waals surface area contributed by atoms with Crippen molar-refractivity contribution in [3.05, 3.63) is 53.6 Å². The lowest BCUT2D eigenvalue weighted by Crippen LogP contribution is -2.09. The molecule has 0 amide bonds. The number of nitrogens with one attached hydrogen (secondary N) is 1. The van der Waals surface area contributed by atoms with Crippen molar-refractivity contribution in [1.29, 1.82) is 0 Å². The van der Waals surface area contributed by atoms with Gasteiger partial charge in [-0.3, -0.25) is 0 Å². The molecule has 0 aliphatic carbocycles. The van der Waals surface area contributed by atoms with E-state index in [1.54, 1.807) is 0 Å². The van der Waals surface area contributed by atoms with E-state index in [1.165, 1.54) is 6.07 Å². The van der Waals surface area contributed by atoms with Crippen LogP contribution in [0.25, 0.3) is 0 Å². The van der Waals surface area contributed by atoms with Gasteiger partial charge in [0.15, 0.2) is 0 Å². The molecular formula is C13H8F4N2O2. The van der Waals surface area contributed by atoms with Crippen LogP contribution in [0.15, 0.2) is 36.5 Å². The smallest absolute Gasteiger partial charge is 0.418 e. The van der Waals surface area contributed by atoms with Crippen LogP contribution >= 0.6 is 0 Å². The maximum atomic E-state index is 13.0. The third-order valence-corrected chi connectivity index (χ3v) is 2.55. The molecule has 2 rings (SSSR count). The molecule has 1 heterocycles. The number of aromatic nitrogens is 1. The van der Waals surface area contributed by atoms with Crippen molar-refractivity contribution < 1.29 is 27.5 Å². The number of halogens is 4. The number of pyridine rings is 1. The molecule has 0 unspecified atom stereocenters. The van der Waals surface area contributed by atoms with Crippen LogP contribution in [0.3, 0.4) is 0 Å². The summed E-state index contributed by atoms with van der Waals surface area (Å²) in [5.41, 5.74) is -1.61. The summed E-state index contributed by atoms with van der Waals surface area (Å²) in [6, 6.07) is 4.61. The van der Waals surface area contributed by atoms with Gasteiger partial charge >= 0.3 is 12.1 Å². The number of nitrogens with zero attached hydrogens (tertiary/aromatic N) is 1. The highest BCUT2D eigenvalue weighted by molar-refractivity contribution is 5.85. The maximum absolute atomic E-state index is 13.0. The first kappa shape index (κ1) is 14.8. The molecule has 1 aromatic carbocycles. The van der Waals surface area contributed by atoms with Crippen LogP contribution in [-0.2, 0) is 6.18 Å². The number of carbonyl (C=O) groups is 1. The molecule has 21 heavy (non-hydrogen) atoms. The van der Waals surface area contributed by atoms with E-state index in [0.29, 0.717) is 6.07 Å². The number of carboxylic acids is 1. The number of hydrogen-bond donors (Lipinski definition) is 2. The third-order valence-electron chi connectivity index (χ3n) is 2.55. The predicted octanol–water partition coefficient (Wildman–Crippen LogP) is 3.68. The minimum absolute atomic E-state index is 0.150. The third kappa shape index (κ3) is 3.47. The summed E-state index contributed by atoms with van der Waals surface area (Å²) in [5, 5.41) is 11.1. The Labute approximate surface area is 116 Å². The van der Waals surface area contributed by atoms with Gasteiger partial charge in [-0.2, -0.15) is 13.2 Å². The topological polar surface area (TPSA) is 62.2 Å². The molecule has 2 N–H and O–H groups in total. The van der Waals surface area contributed by atoms with Gasteiger partial charge in [0.25, 0.3) is 0 Å². The van der Waals surface area contributed by atoms with Gasteiger partial charge in [-0.15, -0.1) is 0 Å². The van der Waals surface area contributed by atoms with Crippen LogP contribution in [0.5, 0.6) is 0 Å². The van der Waals surface area contributed by atoms with Crippen molar-refractivity contribution in [2.45, 2.75) is 6.18 Å². The molecule has 1 aromatic heterocycles. The second kappa shape index (κ2) is 5.39. The molecule has 0 fully saturated rings. The summed E-state index contributed by atoms with van der Waals surface area (Å²) in [5.74, 6) is -2.26. The Morgan fingerprint density at radius 3 is 2.43 bits per heavy atom. The Morgan fingerprint density at radius 2 is 1.90 bits per heavy atom. The molecule has 0 aliphatic heterocycles. The Morgan fingerprint density at radius 1 is 1.19 bits per heavy atom. The van der Waals surface area contributed by atoms with Crippen LogP contribution < -0.4 is 5.32 Å². The van der Waals surface area contributed by atoms with Gasteiger partial charge in [0.2, 0.25) is 0 Å². The first-order valence-electron chi connectivity index (χ1n) is 5.60. The summed E-state index contributed by atoms with van der Waals surface area (Å²) in [6.45, 7) is 0. The SMILES string of the molecule is O=C(O)c1ccc(Nc2ccc(F)cc2C(F)(F)F)cn1. The van der Waals surface area contributed by atoms with E-state index in [9.17, 15) is 22.4 Å². The van der Waals surface area contributed by atoms with Gasteiger partial charge in [0, 0.05) is 0 Å². The Bertz CT molecular complexity index is 669. The van der Waals surface area contributed by atoms with Crippen LogP contribution in [0, 0.1) is 5.82 Å². The standard InChI is InChI=1S/C13H8F4N2O2/c14-7-1-3-10(9(5-7)13(15,16)17)19-8-2-4-11(12(20)21)18-6-8/h1-6,19H,(H,20,21). The summed E-state index contributed by atoms with van der Waals surface area (Å²) in [4.78, 5) is 14.2. The second-order valence-corrected chi connectivity index (χ2v) is 4.05. The number of carboxylic acid groups (broad SMARTS) is 1. The van der Waals surface area contributed by atoms with Crippen molar-refractivity contribution in [2.75, 3.05) is 5.32 Å². The van der Waals surface area contributed by atoms with E-state index in [0.717, 1.165) is 24.4 Å². The number of hydrogen-bond acceptors (Lipinski definition) is 3. The van der Waals surface area contributed by atoms with Crippen LogP contribution in [-0.4, -0.2) is 16.1 Å². The van der Waals surface area contributed by atoms with Crippen molar-refractivity contribution in [1.82, 2.24) is 4.98 Å². The largest absolute Gasteiger partial charge is 0.477 e. The van der Waals surface area contributed by atoms with Gasteiger partial charge in [0.05, 0.1) is 23.1 Å². The zero-order valence-corrected chi connectivity index (χ0v) is 10.3. The fourth-order valence-electron chi connectivity index (χ4n) is 1.61. The summed E-state index contributed by atoms with van der Waals surface area (Å²) in [6.07, 6.45) is -3.65. The fraction of sp³-hybridized carbons (Fsp3) is 0.0769. The molecule has 0 atom stereocenters. The Hall–Kier alpha value is -2.64. The number of rotatable bonds is 3. The van der Waals surface area contributed by atoms with Crippen LogP contribution in [0.4, 0.5) is 28.9 Å². The van der Waals surface area contributed by atoms with Crippen LogP contribution in [0.1, 0.15) is 16.1 Å². The Kier molecular flexibility index (Phi) is 3.79. The first-order valence-corrected chi connectivity index (χ1v) is 5.60. The summed E-state index contributed by atoms with van der Waals surface area (Å²) >= 11 is 0. The minimum atomic E-state index is -4.72. The minimum Gasteiger partial charge on any atom is -0.477 e. The molecule has 0 aliphatic rings. The van der Waals surface area contributed by atoms with Crippen molar-refractivity contribution in [3.63, 3.8) is 0 Å². The van der Waals surface area contributed by atoms with E-state index in [4.69, 9.17) is 5.11 Å². The van der Waals surface area contributed by atoms with Crippen molar-refractivity contribution in [3.8, 4) is 0 Å². The van der Waals surface area contributed by atoms with Gasteiger partial charge < -0.3 is 10.4 Å². The number of aromatic carboxylic acids is 1. The van der Waals surface area contributed by atoms with Gasteiger partial charge in [-0.05, 0) is 30.3 Å².